The Hall–Kier alpha value is -2.89. The van der Waals surface area contributed by atoms with E-state index in [2.05, 4.69) is 15.9 Å². The topological polar surface area (TPSA) is 43.4 Å². The number of hydrogen-bond acceptors (Lipinski definition) is 4. The van der Waals surface area contributed by atoms with E-state index in [-0.39, 0.29) is 0 Å². The lowest BCUT2D eigenvalue weighted by atomic mass is 10.1. The number of rotatable bonds is 3. The predicted molar refractivity (Wildman–Crippen MR) is 117 cm³/mol. The Morgan fingerprint density at radius 2 is 1.68 bits per heavy atom. The van der Waals surface area contributed by atoms with Gasteiger partial charge in [0.2, 0.25) is 0 Å². The van der Waals surface area contributed by atoms with Gasteiger partial charge in [0, 0.05) is 25.9 Å². The zero-order valence-corrected chi connectivity index (χ0v) is 16.9. The molecule has 5 aromatic rings. The second-order valence-corrected chi connectivity index (χ2v) is 8.19. The van der Waals surface area contributed by atoms with Crippen molar-refractivity contribution in [3.05, 3.63) is 93.1 Å². The van der Waals surface area contributed by atoms with Gasteiger partial charge in [-0.05, 0) is 41.8 Å². The molecule has 0 atom stereocenters. The first-order valence-corrected chi connectivity index (χ1v) is 10.3. The molecular formula is C23H13BrO3S. The van der Waals surface area contributed by atoms with Crippen LogP contribution in [0.1, 0.15) is 0 Å². The molecule has 28 heavy (non-hydrogen) atoms. The van der Waals surface area contributed by atoms with E-state index in [9.17, 15) is 4.79 Å². The molecule has 0 fully saturated rings. The van der Waals surface area contributed by atoms with Crippen LogP contribution >= 0.6 is 27.3 Å². The molecule has 5 rings (SSSR count). The highest BCUT2D eigenvalue weighted by molar-refractivity contribution is 9.10. The highest BCUT2D eigenvalue weighted by Gasteiger charge is 2.19. The summed E-state index contributed by atoms with van der Waals surface area (Å²) < 4.78 is 12.6. The third kappa shape index (κ3) is 3.03. The average molecular weight is 449 g/mol. The van der Waals surface area contributed by atoms with Gasteiger partial charge in [-0.15, -0.1) is 11.3 Å². The van der Waals surface area contributed by atoms with Crippen LogP contribution in [0.15, 0.2) is 96.3 Å². The lowest BCUT2D eigenvalue weighted by Crippen LogP contribution is -2.01. The van der Waals surface area contributed by atoms with Crippen LogP contribution in [-0.2, 0) is 0 Å². The molecule has 0 N–H and O–H groups in total. The van der Waals surface area contributed by atoms with Crippen molar-refractivity contribution in [2.45, 2.75) is 0 Å². The normalized spacial score (nSPS) is 11.2. The van der Waals surface area contributed by atoms with Gasteiger partial charge in [0.15, 0.2) is 0 Å². The Morgan fingerprint density at radius 1 is 0.821 bits per heavy atom. The van der Waals surface area contributed by atoms with E-state index in [1.807, 2.05) is 72.1 Å². The van der Waals surface area contributed by atoms with E-state index in [4.69, 9.17) is 8.83 Å². The molecule has 0 aliphatic carbocycles. The third-order valence-corrected chi connectivity index (χ3v) is 5.91. The summed E-state index contributed by atoms with van der Waals surface area (Å²) in [6, 6.07) is 23.2. The molecule has 0 saturated heterocycles. The minimum Gasteiger partial charge on any atom is -0.455 e. The van der Waals surface area contributed by atoms with Crippen LogP contribution in [0.2, 0.25) is 0 Å². The number of hydrogen-bond donors (Lipinski definition) is 0. The number of thiophene rings is 1. The predicted octanol–water partition coefficient (Wildman–Crippen LogP) is 7.21. The molecular weight excluding hydrogens is 436 g/mol. The van der Waals surface area contributed by atoms with E-state index in [0.29, 0.717) is 16.9 Å². The molecule has 3 heterocycles. The first-order valence-electron chi connectivity index (χ1n) is 8.66. The summed E-state index contributed by atoms with van der Waals surface area (Å²) in [5.74, 6) is 1.24. The fourth-order valence-electron chi connectivity index (χ4n) is 3.21. The Balaban J connectivity index is 1.74. The monoisotopic (exact) mass is 448 g/mol. The molecule has 0 aliphatic heterocycles. The number of furan rings is 1. The van der Waals surface area contributed by atoms with Gasteiger partial charge >= 0.3 is 5.63 Å². The van der Waals surface area contributed by atoms with Crippen LogP contribution < -0.4 is 5.63 Å². The SMILES string of the molecule is O=c1oc2ccc(Br)cc2cc1-c1cc(-c2cccs2)c(-c2ccccc2)o1. The maximum Gasteiger partial charge on any atom is 0.347 e. The molecule has 3 nitrogen and oxygen atoms in total. The molecule has 136 valence electrons. The summed E-state index contributed by atoms with van der Waals surface area (Å²) in [7, 11) is 0. The first-order chi connectivity index (χ1) is 13.7. The summed E-state index contributed by atoms with van der Waals surface area (Å²) in [5.41, 5.74) is 2.46. The number of halogens is 1. The third-order valence-electron chi connectivity index (χ3n) is 4.51. The van der Waals surface area contributed by atoms with Crippen LogP contribution in [0.4, 0.5) is 0 Å². The number of benzene rings is 2. The molecule has 5 heteroatoms. The molecule has 0 bridgehead atoms. The summed E-state index contributed by atoms with van der Waals surface area (Å²) in [6.45, 7) is 0. The smallest absolute Gasteiger partial charge is 0.347 e. The van der Waals surface area contributed by atoms with Crippen molar-refractivity contribution in [2.24, 2.45) is 0 Å². The van der Waals surface area contributed by atoms with Gasteiger partial charge < -0.3 is 8.83 Å². The lowest BCUT2D eigenvalue weighted by Gasteiger charge is -2.01. The van der Waals surface area contributed by atoms with E-state index in [1.165, 1.54) is 0 Å². The van der Waals surface area contributed by atoms with Gasteiger partial charge in [0.05, 0.1) is 0 Å². The van der Waals surface area contributed by atoms with Gasteiger partial charge in [-0.2, -0.15) is 0 Å². The summed E-state index contributed by atoms with van der Waals surface area (Å²) in [4.78, 5) is 13.7. The van der Waals surface area contributed by atoms with Crippen molar-refractivity contribution in [3.8, 4) is 33.1 Å². The van der Waals surface area contributed by atoms with Gasteiger partial charge in [-0.3, -0.25) is 0 Å². The molecule has 0 unspecified atom stereocenters. The Kier molecular flexibility index (Phi) is 4.26. The quantitative estimate of drug-likeness (QED) is 0.273. The molecule has 2 aromatic carbocycles. The highest BCUT2D eigenvalue weighted by atomic mass is 79.9. The maximum atomic E-state index is 12.6. The van der Waals surface area contributed by atoms with Crippen LogP contribution in [0.5, 0.6) is 0 Å². The van der Waals surface area contributed by atoms with E-state index < -0.39 is 5.63 Å². The first kappa shape index (κ1) is 17.2. The fourth-order valence-corrected chi connectivity index (χ4v) is 4.33. The summed E-state index contributed by atoms with van der Waals surface area (Å²) in [6.07, 6.45) is 0. The van der Waals surface area contributed by atoms with Gasteiger partial charge in [-0.25, -0.2) is 4.79 Å². The second-order valence-electron chi connectivity index (χ2n) is 6.33. The van der Waals surface area contributed by atoms with Crippen molar-refractivity contribution in [2.75, 3.05) is 0 Å². The molecule has 0 radical (unpaired) electrons. The van der Waals surface area contributed by atoms with Crippen LogP contribution in [0.25, 0.3) is 44.1 Å². The molecule has 3 aromatic heterocycles. The van der Waals surface area contributed by atoms with Crippen molar-refractivity contribution in [1.29, 1.82) is 0 Å². The van der Waals surface area contributed by atoms with Crippen molar-refractivity contribution in [3.63, 3.8) is 0 Å². The summed E-state index contributed by atoms with van der Waals surface area (Å²) in [5, 5.41) is 2.86. The van der Waals surface area contributed by atoms with Crippen LogP contribution in [0, 0.1) is 0 Å². The highest BCUT2D eigenvalue weighted by Crippen LogP contribution is 2.40. The van der Waals surface area contributed by atoms with Gasteiger partial charge in [0.1, 0.15) is 22.7 Å². The zero-order valence-electron chi connectivity index (χ0n) is 14.5. The minimum absolute atomic E-state index is 0.408. The van der Waals surface area contributed by atoms with Crippen LogP contribution in [0.3, 0.4) is 0 Å². The van der Waals surface area contributed by atoms with Gasteiger partial charge in [0.25, 0.3) is 0 Å². The van der Waals surface area contributed by atoms with Crippen LogP contribution in [-0.4, -0.2) is 0 Å². The summed E-state index contributed by atoms with van der Waals surface area (Å²) >= 11 is 5.10. The molecule has 0 aliphatic rings. The minimum atomic E-state index is -0.416. The average Bonchev–Trinajstić information content (AvgIpc) is 3.38. The van der Waals surface area contributed by atoms with Crippen molar-refractivity contribution >= 4 is 38.2 Å². The van der Waals surface area contributed by atoms with Gasteiger partial charge in [-0.1, -0.05) is 52.3 Å². The Bertz CT molecular complexity index is 1330. The molecule has 0 spiro atoms. The maximum absolute atomic E-state index is 12.6. The lowest BCUT2D eigenvalue weighted by molar-refractivity contribution is 0.551. The largest absolute Gasteiger partial charge is 0.455 e. The van der Waals surface area contributed by atoms with E-state index >= 15 is 0 Å². The Labute approximate surface area is 173 Å². The molecule has 0 saturated carbocycles. The molecule has 0 amide bonds. The zero-order chi connectivity index (χ0) is 19.1. The van der Waals surface area contributed by atoms with Crippen molar-refractivity contribution in [1.82, 2.24) is 0 Å². The van der Waals surface area contributed by atoms with E-state index in [1.54, 1.807) is 17.4 Å². The standard InChI is InChI=1S/C23H13BrO3S/c24-16-8-9-19-15(11-16)12-17(23(25)27-19)20-13-18(21-7-4-10-28-21)22(26-20)14-5-2-1-3-6-14/h1-13H. The number of fused-ring (bicyclic) bond motifs is 1. The second kappa shape index (κ2) is 6.93. The fraction of sp³-hybridized carbons (Fsp3) is 0. The van der Waals surface area contributed by atoms with Crippen molar-refractivity contribution < 1.29 is 8.83 Å². The Morgan fingerprint density at radius 3 is 2.46 bits per heavy atom. The van der Waals surface area contributed by atoms with E-state index in [0.717, 1.165) is 31.6 Å².